The molecular formula is C34H24ClFN2O2S. The van der Waals surface area contributed by atoms with Gasteiger partial charge in [0.25, 0.3) is 5.56 Å². The maximum absolute atomic E-state index is 14.0. The van der Waals surface area contributed by atoms with E-state index in [2.05, 4.69) is 12.1 Å². The highest BCUT2D eigenvalue weighted by Crippen LogP contribution is 2.41. The third-order valence-corrected chi connectivity index (χ3v) is 8.81. The van der Waals surface area contributed by atoms with Crippen LogP contribution in [-0.2, 0) is 13.0 Å². The maximum Gasteiger partial charge on any atom is 0.271 e. The lowest BCUT2D eigenvalue weighted by Gasteiger charge is -2.30. The molecule has 0 saturated heterocycles. The second-order valence-corrected chi connectivity index (χ2v) is 11.6. The van der Waals surface area contributed by atoms with E-state index in [9.17, 15) is 9.18 Å². The molecule has 2 aliphatic rings. The number of rotatable bonds is 5. The first kappa shape index (κ1) is 25.7. The summed E-state index contributed by atoms with van der Waals surface area (Å²) in [7, 11) is 0. The Kier molecular flexibility index (Phi) is 6.65. The zero-order valence-electron chi connectivity index (χ0n) is 21.9. The van der Waals surface area contributed by atoms with Gasteiger partial charge in [-0.15, -0.1) is 0 Å². The van der Waals surface area contributed by atoms with Gasteiger partial charge in [-0.2, -0.15) is 0 Å². The Labute approximate surface area is 245 Å². The first-order valence-corrected chi connectivity index (χ1v) is 14.6. The minimum atomic E-state index is -0.353. The normalized spacial score (nSPS) is 16.0. The quantitative estimate of drug-likeness (QED) is 0.233. The molecule has 0 amide bonds. The van der Waals surface area contributed by atoms with Gasteiger partial charge in [0, 0.05) is 16.1 Å². The summed E-state index contributed by atoms with van der Waals surface area (Å²) in [6.07, 6.45) is 3.52. The van der Waals surface area contributed by atoms with E-state index >= 15 is 0 Å². The van der Waals surface area contributed by atoms with Crippen molar-refractivity contribution in [2.24, 2.45) is 4.99 Å². The summed E-state index contributed by atoms with van der Waals surface area (Å²) in [4.78, 5) is 19.7. The number of thiazole rings is 1. The lowest BCUT2D eigenvalue weighted by molar-refractivity contribution is 0.305. The second kappa shape index (κ2) is 10.6. The average Bonchev–Trinajstić information content (AvgIpc) is 3.31. The smallest absolute Gasteiger partial charge is 0.271 e. The van der Waals surface area contributed by atoms with E-state index in [4.69, 9.17) is 21.3 Å². The summed E-state index contributed by atoms with van der Waals surface area (Å²) in [6, 6.07) is 29.6. The molecule has 0 unspecified atom stereocenters. The van der Waals surface area contributed by atoms with Crippen LogP contribution in [0.25, 0.3) is 11.8 Å². The largest absolute Gasteiger partial charge is 0.488 e. The van der Waals surface area contributed by atoms with Crippen molar-refractivity contribution in [1.82, 2.24) is 4.57 Å². The molecule has 1 aliphatic heterocycles. The number of ether oxygens (including phenoxy) is 1. The third kappa shape index (κ3) is 4.83. The Hall–Kier alpha value is -4.26. The molecule has 5 aromatic rings. The van der Waals surface area contributed by atoms with E-state index in [0.717, 1.165) is 46.4 Å². The van der Waals surface area contributed by atoms with Gasteiger partial charge in [-0.25, -0.2) is 9.38 Å². The molecule has 2 heterocycles. The molecular weight excluding hydrogens is 555 g/mol. The van der Waals surface area contributed by atoms with Crippen LogP contribution in [0.5, 0.6) is 5.75 Å². The maximum atomic E-state index is 14.0. The molecule has 0 fully saturated rings. The van der Waals surface area contributed by atoms with Crippen LogP contribution < -0.4 is 19.6 Å². The Morgan fingerprint density at radius 3 is 2.54 bits per heavy atom. The van der Waals surface area contributed by atoms with Crippen LogP contribution in [0.15, 0.2) is 112 Å². The van der Waals surface area contributed by atoms with Gasteiger partial charge in [-0.05, 0) is 71.5 Å². The van der Waals surface area contributed by atoms with Gasteiger partial charge in [-0.1, -0.05) is 89.7 Å². The number of hydrogen-bond donors (Lipinski definition) is 0. The standard InChI is InChI=1S/C34H24ClFN2O2S/c35-25-14-9-21(10-15-25)20-40-29-8-4-2-6-24(29)19-30-33(39)38-32(23-11-16-26(36)17-12-23)28-18-13-22-5-1-3-7-27(22)31(28)37-34(38)41-30/h1-12,14-17,19,32H,13,18,20H2/b30-19+/t32-/m0/s1. The minimum Gasteiger partial charge on any atom is -0.488 e. The van der Waals surface area contributed by atoms with E-state index in [0.29, 0.717) is 26.7 Å². The van der Waals surface area contributed by atoms with Crippen molar-refractivity contribution in [3.05, 3.63) is 161 Å². The summed E-state index contributed by atoms with van der Waals surface area (Å²) in [6.45, 7) is 0.375. The van der Waals surface area contributed by atoms with Crippen molar-refractivity contribution in [3.63, 3.8) is 0 Å². The Balaban J connectivity index is 1.35. The topological polar surface area (TPSA) is 43.6 Å². The highest BCUT2D eigenvalue weighted by Gasteiger charge is 2.32. The van der Waals surface area contributed by atoms with Crippen LogP contribution in [0.1, 0.15) is 40.3 Å². The van der Waals surface area contributed by atoms with Gasteiger partial charge in [0.1, 0.15) is 18.2 Å². The van der Waals surface area contributed by atoms with E-state index < -0.39 is 0 Å². The summed E-state index contributed by atoms with van der Waals surface area (Å²) in [5, 5.41) is 0.675. The van der Waals surface area contributed by atoms with Crippen molar-refractivity contribution in [2.75, 3.05) is 0 Å². The van der Waals surface area contributed by atoms with Crippen molar-refractivity contribution in [2.45, 2.75) is 25.5 Å². The van der Waals surface area contributed by atoms with E-state index in [1.54, 1.807) is 16.7 Å². The number of halogens is 2. The molecule has 0 N–H and O–H groups in total. The first-order chi connectivity index (χ1) is 20.0. The molecule has 41 heavy (non-hydrogen) atoms. The van der Waals surface area contributed by atoms with Gasteiger partial charge in [-0.3, -0.25) is 9.36 Å². The summed E-state index contributed by atoms with van der Waals surface area (Å²) >= 11 is 7.38. The van der Waals surface area contributed by atoms with E-state index in [1.165, 1.54) is 29.0 Å². The molecule has 7 heteroatoms. The van der Waals surface area contributed by atoms with Crippen LogP contribution in [0.4, 0.5) is 4.39 Å². The molecule has 0 spiro atoms. The van der Waals surface area contributed by atoms with Gasteiger partial charge in [0.2, 0.25) is 0 Å². The lowest BCUT2D eigenvalue weighted by atomic mass is 9.83. The van der Waals surface area contributed by atoms with E-state index in [1.807, 2.05) is 66.7 Å². The lowest BCUT2D eigenvalue weighted by Crippen LogP contribution is -2.38. The molecule has 1 atom stereocenters. The number of fused-ring (bicyclic) bond motifs is 3. The third-order valence-electron chi connectivity index (χ3n) is 7.57. The Bertz CT molecular complexity index is 1990. The van der Waals surface area contributed by atoms with Crippen molar-refractivity contribution in [1.29, 1.82) is 0 Å². The summed E-state index contributed by atoms with van der Waals surface area (Å²) in [5.74, 6) is 0.371. The van der Waals surface area contributed by atoms with Crippen LogP contribution in [-0.4, -0.2) is 4.57 Å². The number of benzene rings is 4. The second-order valence-electron chi connectivity index (χ2n) is 10.1. The van der Waals surface area contributed by atoms with Gasteiger partial charge >= 0.3 is 0 Å². The zero-order valence-corrected chi connectivity index (χ0v) is 23.5. The fourth-order valence-electron chi connectivity index (χ4n) is 5.58. The van der Waals surface area contributed by atoms with E-state index in [-0.39, 0.29) is 17.4 Å². The molecule has 4 aromatic carbocycles. The van der Waals surface area contributed by atoms with Crippen LogP contribution in [0.3, 0.4) is 0 Å². The SMILES string of the molecule is O=c1/c(=C\c2ccccc2OCc2ccc(Cl)cc2)sc2n1[C@@H](c1ccc(F)cc1)C1=C(N=2)c2ccccc2CC1. The number of para-hydroxylation sites is 1. The molecule has 1 aromatic heterocycles. The zero-order chi connectivity index (χ0) is 27.9. The summed E-state index contributed by atoms with van der Waals surface area (Å²) in [5.41, 5.74) is 6.89. The molecule has 0 bridgehead atoms. The number of aromatic nitrogens is 1. The molecule has 0 radical (unpaired) electrons. The molecule has 202 valence electrons. The van der Waals surface area contributed by atoms with Crippen molar-refractivity contribution >= 4 is 34.7 Å². The van der Waals surface area contributed by atoms with Gasteiger partial charge in [0.05, 0.1) is 16.3 Å². The summed E-state index contributed by atoms with van der Waals surface area (Å²) < 4.78 is 22.4. The van der Waals surface area contributed by atoms with Gasteiger partial charge in [0.15, 0.2) is 4.80 Å². The van der Waals surface area contributed by atoms with Crippen molar-refractivity contribution < 1.29 is 9.13 Å². The first-order valence-electron chi connectivity index (χ1n) is 13.4. The van der Waals surface area contributed by atoms with Crippen LogP contribution in [0, 0.1) is 5.82 Å². The highest BCUT2D eigenvalue weighted by molar-refractivity contribution is 7.07. The van der Waals surface area contributed by atoms with Crippen molar-refractivity contribution in [3.8, 4) is 5.75 Å². The number of nitrogens with zero attached hydrogens (tertiary/aromatic N) is 2. The number of hydrogen-bond acceptors (Lipinski definition) is 4. The Morgan fingerprint density at radius 2 is 1.71 bits per heavy atom. The molecule has 4 nitrogen and oxygen atoms in total. The molecule has 7 rings (SSSR count). The van der Waals surface area contributed by atoms with Crippen LogP contribution in [0.2, 0.25) is 5.02 Å². The monoisotopic (exact) mass is 578 g/mol. The fraction of sp³-hybridized carbons (Fsp3) is 0.118. The fourth-order valence-corrected chi connectivity index (χ4v) is 6.70. The average molecular weight is 579 g/mol. The predicted octanol–water partition coefficient (Wildman–Crippen LogP) is 6.69. The molecule has 1 aliphatic carbocycles. The van der Waals surface area contributed by atoms with Crippen LogP contribution >= 0.6 is 22.9 Å². The predicted molar refractivity (Wildman–Crippen MR) is 161 cm³/mol. The minimum absolute atomic E-state index is 0.124. The number of allylic oxidation sites excluding steroid dienone is 1. The Morgan fingerprint density at radius 1 is 0.951 bits per heavy atom. The van der Waals surface area contributed by atoms with Gasteiger partial charge < -0.3 is 4.74 Å². The number of aryl methyl sites for hydroxylation is 1. The highest BCUT2D eigenvalue weighted by atomic mass is 35.5. The molecule has 0 saturated carbocycles.